The summed E-state index contributed by atoms with van der Waals surface area (Å²) in [5.74, 6) is -0.363. The van der Waals surface area contributed by atoms with E-state index in [1.54, 1.807) is 12.1 Å². The van der Waals surface area contributed by atoms with E-state index >= 15 is 0 Å². The van der Waals surface area contributed by atoms with Crippen molar-refractivity contribution in [3.05, 3.63) is 53.2 Å². The van der Waals surface area contributed by atoms with E-state index < -0.39 is 11.1 Å². The van der Waals surface area contributed by atoms with E-state index in [0.29, 0.717) is 5.56 Å². The second-order valence-electron chi connectivity index (χ2n) is 3.44. The van der Waals surface area contributed by atoms with Gasteiger partial charge in [-0.1, -0.05) is 0 Å². The fourth-order valence-electron chi connectivity index (χ4n) is 1.26. The highest BCUT2D eigenvalue weighted by Gasteiger charge is 2.06. The molecule has 0 aromatic carbocycles. The molecule has 0 saturated carbocycles. The van der Waals surface area contributed by atoms with Gasteiger partial charge >= 0.3 is 5.88 Å². The Kier molecular flexibility index (Phi) is 3.98. The van der Waals surface area contributed by atoms with E-state index in [-0.39, 0.29) is 11.6 Å². The van der Waals surface area contributed by atoms with Crippen LogP contribution in [-0.4, -0.2) is 22.3 Å². The average molecular weight is 262 g/mol. The lowest BCUT2D eigenvalue weighted by Crippen LogP contribution is -2.99. The minimum atomic E-state index is -1.17. The summed E-state index contributed by atoms with van der Waals surface area (Å²) < 4.78 is 4.92. The topological polar surface area (TPSA) is 115 Å². The Labute approximate surface area is 107 Å². The monoisotopic (exact) mass is 262 g/mol. The maximum Gasteiger partial charge on any atom is 0.328 e. The summed E-state index contributed by atoms with van der Waals surface area (Å²) in [5, 5.41) is 21.7. The highest BCUT2D eigenvalue weighted by atomic mass is 16.8. The Morgan fingerprint density at radius 3 is 2.79 bits per heavy atom. The number of hydrogen-bond donors (Lipinski definition) is 3. The molecule has 2 aromatic rings. The van der Waals surface area contributed by atoms with Crippen LogP contribution in [0.4, 0.5) is 5.88 Å². The second-order valence-corrected chi connectivity index (χ2v) is 3.44. The first-order chi connectivity index (χ1) is 9.16. The molecule has 0 aliphatic heterocycles. The summed E-state index contributed by atoms with van der Waals surface area (Å²) in [4.78, 5) is 15.4. The molecule has 0 saturated heterocycles. The molecule has 1 atom stereocenters. The minimum Gasteiger partial charge on any atom is -0.592 e. The Morgan fingerprint density at radius 1 is 1.42 bits per heavy atom. The number of amides is 1. The number of hydrazone groups is 1. The molecule has 0 aliphatic rings. The van der Waals surface area contributed by atoms with Crippen molar-refractivity contribution in [3.8, 4) is 0 Å². The van der Waals surface area contributed by atoms with Gasteiger partial charge in [-0.05, 0) is 18.2 Å². The van der Waals surface area contributed by atoms with Crippen LogP contribution >= 0.6 is 0 Å². The summed E-state index contributed by atoms with van der Waals surface area (Å²) in [5.41, 5.74) is 2.70. The molecule has 8 nitrogen and oxygen atoms in total. The maximum atomic E-state index is 11.6. The van der Waals surface area contributed by atoms with Crippen molar-refractivity contribution >= 4 is 18.0 Å². The predicted octanol–water partition coefficient (Wildman–Crippen LogP) is -0.158. The first-order valence-electron chi connectivity index (χ1n) is 5.23. The molecule has 0 radical (unpaired) electrons. The lowest BCUT2D eigenvalue weighted by Gasteiger charge is -2.05. The molecule has 2 aromatic heterocycles. The molecular weight excluding hydrogens is 252 g/mol. The van der Waals surface area contributed by atoms with Crippen LogP contribution in [0.25, 0.3) is 0 Å². The molecule has 8 heteroatoms. The van der Waals surface area contributed by atoms with Crippen molar-refractivity contribution in [2.75, 3.05) is 0 Å². The molecule has 0 aliphatic carbocycles. The zero-order valence-electron chi connectivity index (χ0n) is 9.61. The fourth-order valence-corrected chi connectivity index (χ4v) is 1.26. The number of carbonyl (C=O) groups excluding carboxylic acids is 1. The van der Waals surface area contributed by atoms with Gasteiger partial charge in [-0.2, -0.15) is 10.3 Å². The first-order valence-corrected chi connectivity index (χ1v) is 5.23. The zero-order valence-corrected chi connectivity index (χ0v) is 9.61. The lowest BCUT2D eigenvalue weighted by molar-refractivity contribution is -0.997. The molecule has 0 bridgehead atoms. The Hall–Kier alpha value is -2.55. The summed E-state index contributed by atoms with van der Waals surface area (Å²) in [6, 6.07) is 5.82. The van der Waals surface area contributed by atoms with Gasteiger partial charge in [0.25, 0.3) is 5.91 Å². The fraction of sp³-hybridized carbons (Fsp3) is 0. The summed E-state index contributed by atoms with van der Waals surface area (Å²) in [6.07, 6.45) is 4.19. The zero-order chi connectivity index (χ0) is 13.7. The van der Waals surface area contributed by atoms with Crippen molar-refractivity contribution in [2.45, 2.75) is 0 Å². The second kappa shape index (κ2) is 5.87. The number of quaternary nitrogens is 1. The highest BCUT2D eigenvalue weighted by molar-refractivity contribution is 5.94. The summed E-state index contributed by atoms with van der Waals surface area (Å²) in [6.45, 7) is 0. The molecule has 0 fully saturated rings. The van der Waals surface area contributed by atoms with E-state index in [4.69, 9.17) is 9.62 Å². The van der Waals surface area contributed by atoms with Gasteiger partial charge < -0.3 is 9.62 Å². The van der Waals surface area contributed by atoms with Crippen LogP contribution < -0.4 is 10.7 Å². The van der Waals surface area contributed by atoms with Gasteiger partial charge in [-0.25, -0.2) is 10.6 Å². The van der Waals surface area contributed by atoms with Gasteiger partial charge in [0, 0.05) is 24.0 Å². The van der Waals surface area contributed by atoms with Crippen LogP contribution in [0.15, 0.2) is 46.2 Å². The normalized spacial score (nSPS) is 12.5. The van der Waals surface area contributed by atoms with Gasteiger partial charge in [0.2, 0.25) is 0 Å². The summed E-state index contributed by atoms with van der Waals surface area (Å²) in [7, 11) is 0. The quantitative estimate of drug-likeness (QED) is 0.523. The molecule has 2 heterocycles. The van der Waals surface area contributed by atoms with Gasteiger partial charge in [0.05, 0.1) is 6.21 Å². The standard InChI is InChI=1S/C11H10N4O4/c16-11(8-3-5-12-6-4-8)14-13-7-9-1-2-10(19-9)15(17)18/h1-7,15,17H,(H,14,16)/b13-7-. The van der Waals surface area contributed by atoms with E-state index in [1.165, 1.54) is 30.7 Å². The molecule has 1 amide bonds. The van der Waals surface area contributed by atoms with Crippen LogP contribution in [0.2, 0.25) is 0 Å². The van der Waals surface area contributed by atoms with E-state index in [2.05, 4.69) is 15.5 Å². The van der Waals surface area contributed by atoms with E-state index in [0.717, 1.165) is 0 Å². The predicted molar refractivity (Wildman–Crippen MR) is 63.8 cm³/mol. The molecule has 98 valence electrons. The number of nitrogens with zero attached hydrogens (tertiary/aromatic N) is 2. The Bertz CT molecular complexity index is 579. The molecule has 0 spiro atoms. The smallest absolute Gasteiger partial charge is 0.328 e. The first kappa shape index (κ1) is 12.9. The van der Waals surface area contributed by atoms with Crippen molar-refractivity contribution < 1.29 is 19.6 Å². The molecule has 19 heavy (non-hydrogen) atoms. The SMILES string of the molecule is O=C(N/N=C\c1ccc([NH+]([O-])O)o1)c1ccncc1. The molecule has 3 N–H and O–H groups in total. The Balaban J connectivity index is 1.94. The number of carbonyl (C=O) groups is 1. The van der Waals surface area contributed by atoms with Gasteiger partial charge in [0.15, 0.2) is 5.76 Å². The van der Waals surface area contributed by atoms with Crippen molar-refractivity contribution in [1.29, 1.82) is 0 Å². The number of nitrogens with one attached hydrogen (secondary N) is 2. The van der Waals surface area contributed by atoms with Crippen LogP contribution in [0.3, 0.4) is 0 Å². The van der Waals surface area contributed by atoms with Gasteiger partial charge in [0.1, 0.15) is 0 Å². The third kappa shape index (κ3) is 3.45. The average Bonchev–Trinajstić information content (AvgIpc) is 2.89. The van der Waals surface area contributed by atoms with E-state index in [1.807, 2.05) is 0 Å². The number of rotatable bonds is 4. The van der Waals surface area contributed by atoms with Crippen LogP contribution in [0, 0.1) is 5.21 Å². The largest absolute Gasteiger partial charge is 0.592 e. The third-order valence-electron chi connectivity index (χ3n) is 2.14. The van der Waals surface area contributed by atoms with Gasteiger partial charge in [-0.3, -0.25) is 9.78 Å². The highest BCUT2D eigenvalue weighted by Crippen LogP contribution is 2.06. The van der Waals surface area contributed by atoms with E-state index in [9.17, 15) is 10.0 Å². The molecule has 2 rings (SSSR count). The van der Waals surface area contributed by atoms with Gasteiger partial charge in [-0.15, -0.1) is 0 Å². The number of hydrogen-bond acceptors (Lipinski definition) is 6. The number of furan rings is 1. The van der Waals surface area contributed by atoms with Crippen LogP contribution in [0.5, 0.6) is 0 Å². The van der Waals surface area contributed by atoms with Crippen molar-refractivity contribution in [3.63, 3.8) is 0 Å². The minimum absolute atomic E-state index is 0.193. The number of aromatic nitrogens is 1. The third-order valence-corrected chi connectivity index (χ3v) is 2.14. The van der Waals surface area contributed by atoms with Crippen molar-refractivity contribution in [1.82, 2.24) is 10.4 Å². The summed E-state index contributed by atoms with van der Waals surface area (Å²) >= 11 is 0. The maximum absolute atomic E-state index is 11.6. The van der Waals surface area contributed by atoms with Crippen LogP contribution in [-0.2, 0) is 0 Å². The molecule has 1 unspecified atom stereocenters. The Morgan fingerprint density at radius 2 is 2.16 bits per heavy atom. The van der Waals surface area contributed by atoms with Crippen molar-refractivity contribution in [2.24, 2.45) is 5.10 Å². The lowest BCUT2D eigenvalue weighted by atomic mass is 10.3. The number of pyridine rings is 1. The molecular formula is C11H10N4O4. The van der Waals surface area contributed by atoms with Crippen LogP contribution in [0.1, 0.15) is 16.1 Å².